The van der Waals surface area contributed by atoms with Crippen LogP contribution in [0.25, 0.3) is 10.4 Å². The maximum Gasteiger partial charge on any atom is 0.262 e. The largest absolute Gasteiger partial charge is 0.482 e. The number of ether oxygens (including phenoxy) is 1. The van der Waals surface area contributed by atoms with Gasteiger partial charge in [-0.05, 0) is 29.1 Å². The second-order valence-electron chi connectivity index (χ2n) is 3.53. The molecule has 0 unspecified atom stereocenters. The summed E-state index contributed by atoms with van der Waals surface area (Å²) < 4.78 is 5.37. The predicted molar refractivity (Wildman–Crippen MR) is 63.9 cm³/mol. The number of hydrogen-bond donors (Lipinski definition) is 1. The minimum Gasteiger partial charge on any atom is -0.482 e. The molecule has 3 nitrogen and oxygen atoms in total. The minimum absolute atomic E-state index is 0.0981. The van der Waals surface area contributed by atoms with Crippen molar-refractivity contribution >= 4 is 22.9 Å². The lowest BCUT2D eigenvalue weighted by Gasteiger charge is -2.18. The molecule has 3 rings (SSSR count). The molecule has 16 heavy (non-hydrogen) atoms. The molecule has 80 valence electrons. The van der Waals surface area contributed by atoms with Gasteiger partial charge in [-0.3, -0.25) is 4.79 Å². The van der Waals surface area contributed by atoms with Gasteiger partial charge in [-0.25, -0.2) is 0 Å². The average molecular weight is 231 g/mol. The molecule has 0 fully saturated rings. The van der Waals surface area contributed by atoms with E-state index in [1.165, 1.54) is 4.88 Å². The summed E-state index contributed by atoms with van der Waals surface area (Å²) >= 11 is 1.68. The number of rotatable bonds is 1. The lowest BCUT2D eigenvalue weighted by Crippen LogP contribution is -2.25. The third-order valence-corrected chi connectivity index (χ3v) is 3.34. The Morgan fingerprint density at radius 2 is 2.25 bits per heavy atom. The van der Waals surface area contributed by atoms with Crippen LogP contribution in [0.2, 0.25) is 0 Å². The molecule has 0 radical (unpaired) electrons. The Morgan fingerprint density at radius 1 is 1.31 bits per heavy atom. The maximum atomic E-state index is 11.1. The molecule has 1 amide bonds. The van der Waals surface area contributed by atoms with Crippen LogP contribution in [0.1, 0.15) is 0 Å². The zero-order chi connectivity index (χ0) is 11.0. The first kappa shape index (κ1) is 9.42. The lowest BCUT2D eigenvalue weighted by atomic mass is 10.1. The Morgan fingerprint density at radius 3 is 3.06 bits per heavy atom. The van der Waals surface area contributed by atoms with E-state index in [9.17, 15) is 4.79 Å². The molecule has 0 saturated carbocycles. The van der Waals surface area contributed by atoms with Crippen molar-refractivity contribution in [3.05, 3.63) is 35.7 Å². The van der Waals surface area contributed by atoms with Gasteiger partial charge in [0.25, 0.3) is 5.91 Å². The highest BCUT2D eigenvalue weighted by Crippen LogP contribution is 2.34. The van der Waals surface area contributed by atoms with Crippen LogP contribution < -0.4 is 10.1 Å². The molecule has 4 heteroatoms. The first-order chi connectivity index (χ1) is 7.83. The van der Waals surface area contributed by atoms with Gasteiger partial charge in [0.1, 0.15) is 5.75 Å². The van der Waals surface area contributed by atoms with Gasteiger partial charge in [0.05, 0.1) is 5.69 Å². The number of carbonyl (C=O) groups excluding carboxylic acids is 1. The highest BCUT2D eigenvalue weighted by atomic mass is 32.1. The highest BCUT2D eigenvalue weighted by Gasteiger charge is 2.16. The molecule has 0 saturated heterocycles. The summed E-state index contributed by atoms with van der Waals surface area (Å²) in [4.78, 5) is 12.3. The Kier molecular flexibility index (Phi) is 2.15. The van der Waals surface area contributed by atoms with Crippen molar-refractivity contribution in [2.75, 3.05) is 11.9 Å². The van der Waals surface area contributed by atoms with Crippen molar-refractivity contribution in [2.24, 2.45) is 0 Å². The topological polar surface area (TPSA) is 38.3 Å². The third-order valence-electron chi connectivity index (χ3n) is 2.42. The standard InChI is InChI=1S/C12H9NO2S/c14-12-7-15-10-6-8(3-4-9(10)13-12)11-2-1-5-16-11/h1-6H,7H2,(H,13,14). The Balaban J connectivity index is 2.03. The fourth-order valence-corrected chi connectivity index (χ4v) is 2.39. The molecule has 1 aromatic heterocycles. The van der Waals surface area contributed by atoms with Gasteiger partial charge in [-0.2, -0.15) is 0 Å². The normalized spacial score (nSPS) is 13.9. The molecule has 1 aliphatic rings. The number of thiophene rings is 1. The molecular weight excluding hydrogens is 222 g/mol. The van der Waals surface area contributed by atoms with Gasteiger partial charge in [0.2, 0.25) is 0 Å². The number of nitrogens with one attached hydrogen (secondary N) is 1. The van der Waals surface area contributed by atoms with E-state index < -0.39 is 0 Å². The molecule has 0 atom stereocenters. The summed E-state index contributed by atoms with van der Waals surface area (Å²) in [5, 5.41) is 4.81. The number of carbonyl (C=O) groups is 1. The van der Waals surface area contributed by atoms with E-state index in [2.05, 4.69) is 11.4 Å². The molecule has 2 aromatic rings. The maximum absolute atomic E-state index is 11.1. The Labute approximate surface area is 96.7 Å². The van der Waals surface area contributed by atoms with Crippen molar-refractivity contribution in [1.29, 1.82) is 0 Å². The third kappa shape index (κ3) is 1.57. The number of anilines is 1. The molecule has 0 bridgehead atoms. The zero-order valence-electron chi connectivity index (χ0n) is 8.40. The van der Waals surface area contributed by atoms with Gasteiger partial charge in [0, 0.05) is 4.88 Å². The SMILES string of the molecule is O=C1COc2cc(-c3cccs3)ccc2N1. The lowest BCUT2D eigenvalue weighted by molar-refractivity contribution is -0.118. The predicted octanol–water partition coefficient (Wildman–Crippen LogP) is 2.75. The van der Waals surface area contributed by atoms with E-state index in [4.69, 9.17) is 4.74 Å². The average Bonchev–Trinajstić information content (AvgIpc) is 2.82. The van der Waals surface area contributed by atoms with Crippen LogP contribution in [0.3, 0.4) is 0 Å². The zero-order valence-corrected chi connectivity index (χ0v) is 9.21. The Bertz CT molecular complexity index is 534. The van der Waals surface area contributed by atoms with Gasteiger partial charge in [0.15, 0.2) is 6.61 Å². The van der Waals surface area contributed by atoms with Gasteiger partial charge in [-0.1, -0.05) is 12.1 Å². The molecule has 1 N–H and O–H groups in total. The molecule has 2 heterocycles. The number of amides is 1. The van der Waals surface area contributed by atoms with Crippen LogP contribution in [0, 0.1) is 0 Å². The van der Waals surface area contributed by atoms with Crippen molar-refractivity contribution in [2.45, 2.75) is 0 Å². The van der Waals surface area contributed by atoms with Crippen LogP contribution in [-0.2, 0) is 4.79 Å². The summed E-state index contributed by atoms with van der Waals surface area (Å²) in [6.07, 6.45) is 0. The van der Waals surface area contributed by atoms with Crippen LogP contribution in [0.15, 0.2) is 35.7 Å². The summed E-state index contributed by atoms with van der Waals surface area (Å²) in [5.41, 5.74) is 1.86. The molecule has 1 aromatic carbocycles. The van der Waals surface area contributed by atoms with Gasteiger partial charge in [-0.15, -0.1) is 11.3 Å². The summed E-state index contributed by atoms with van der Waals surface area (Å²) in [7, 11) is 0. The van der Waals surface area contributed by atoms with Crippen LogP contribution in [0.4, 0.5) is 5.69 Å². The van der Waals surface area contributed by atoms with E-state index in [1.807, 2.05) is 29.6 Å². The number of hydrogen-bond acceptors (Lipinski definition) is 3. The van der Waals surface area contributed by atoms with Crippen molar-refractivity contribution in [3.8, 4) is 16.2 Å². The van der Waals surface area contributed by atoms with E-state index in [1.54, 1.807) is 11.3 Å². The van der Waals surface area contributed by atoms with Crippen LogP contribution in [-0.4, -0.2) is 12.5 Å². The van der Waals surface area contributed by atoms with Crippen molar-refractivity contribution < 1.29 is 9.53 Å². The van der Waals surface area contributed by atoms with Crippen molar-refractivity contribution in [1.82, 2.24) is 0 Å². The molecule has 0 aliphatic carbocycles. The van der Waals surface area contributed by atoms with E-state index in [0.717, 1.165) is 17.0 Å². The van der Waals surface area contributed by atoms with Gasteiger partial charge < -0.3 is 10.1 Å². The van der Waals surface area contributed by atoms with Gasteiger partial charge >= 0.3 is 0 Å². The first-order valence-corrected chi connectivity index (χ1v) is 5.81. The fourth-order valence-electron chi connectivity index (χ4n) is 1.67. The van der Waals surface area contributed by atoms with E-state index in [-0.39, 0.29) is 12.5 Å². The fraction of sp³-hybridized carbons (Fsp3) is 0.0833. The van der Waals surface area contributed by atoms with E-state index in [0.29, 0.717) is 0 Å². The second kappa shape index (κ2) is 3.64. The summed E-state index contributed by atoms with van der Waals surface area (Å²) in [6, 6.07) is 9.90. The molecule has 0 spiro atoms. The first-order valence-electron chi connectivity index (χ1n) is 4.93. The molecule has 1 aliphatic heterocycles. The molecular formula is C12H9NO2S. The smallest absolute Gasteiger partial charge is 0.262 e. The van der Waals surface area contributed by atoms with Crippen LogP contribution >= 0.6 is 11.3 Å². The highest BCUT2D eigenvalue weighted by molar-refractivity contribution is 7.13. The van der Waals surface area contributed by atoms with E-state index >= 15 is 0 Å². The Hall–Kier alpha value is -1.81. The number of fused-ring (bicyclic) bond motifs is 1. The summed E-state index contributed by atoms with van der Waals surface area (Å²) in [6.45, 7) is 0.0981. The van der Waals surface area contributed by atoms with Crippen LogP contribution in [0.5, 0.6) is 5.75 Å². The minimum atomic E-state index is -0.101. The van der Waals surface area contributed by atoms with Crippen molar-refractivity contribution in [3.63, 3.8) is 0 Å². The second-order valence-corrected chi connectivity index (χ2v) is 4.47. The summed E-state index contributed by atoms with van der Waals surface area (Å²) in [5.74, 6) is 0.641. The quantitative estimate of drug-likeness (QED) is 0.819. The number of benzene rings is 1. The monoisotopic (exact) mass is 231 g/mol.